The maximum Gasteiger partial charge on any atom is 0.404 e. The number of hydrogen-bond acceptors (Lipinski definition) is 7. The number of aromatic nitrogens is 3. The first-order chi connectivity index (χ1) is 18.7. The zero-order valence-corrected chi connectivity index (χ0v) is 21.1. The molecule has 39 heavy (non-hydrogen) atoms. The fourth-order valence-electron chi connectivity index (χ4n) is 4.15. The number of nitrogens with two attached hydrogens (primary N) is 1. The number of fused-ring (bicyclic) bond motifs is 1. The number of carbonyl (C=O) groups excluding carboxylic acids is 1. The minimum absolute atomic E-state index is 0.0330. The van der Waals surface area contributed by atoms with Gasteiger partial charge in [0, 0.05) is 18.2 Å². The molecule has 0 saturated heterocycles. The van der Waals surface area contributed by atoms with Gasteiger partial charge in [-0.2, -0.15) is 5.10 Å². The second-order valence-corrected chi connectivity index (χ2v) is 8.75. The molecule has 2 aromatic carbocycles. The largest absolute Gasteiger partial charge is 0.465 e. The van der Waals surface area contributed by atoms with Gasteiger partial charge in [-0.25, -0.2) is 18.6 Å². The molecule has 0 saturated carbocycles. The number of rotatable bonds is 11. The highest BCUT2D eigenvalue weighted by Crippen LogP contribution is 2.29. The lowest BCUT2D eigenvalue weighted by Crippen LogP contribution is -2.39. The van der Waals surface area contributed by atoms with Gasteiger partial charge in [0.05, 0.1) is 42.5 Å². The minimum atomic E-state index is -1.31. The van der Waals surface area contributed by atoms with Gasteiger partial charge in [-0.3, -0.25) is 9.48 Å². The van der Waals surface area contributed by atoms with Crippen LogP contribution in [0.15, 0.2) is 54.7 Å². The Bertz CT molecular complexity index is 1510. The minimum Gasteiger partial charge on any atom is -0.465 e. The second-order valence-electron chi connectivity index (χ2n) is 8.75. The average Bonchev–Trinajstić information content (AvgIpc) is 3.28. The number of ether oxygens (including phenoxy) is 1. The maximum absolute atomic E-state index is 15.1. The summed E-state index contributed by atoms with van der Waals surface area (Å²) in [4.78, 5) is 27.7. The SMILES string of the molecule is COCCn1ncc2cc(Nc3nc(N[C@H](c4cccc(F)c4)[C@H](C)NC(=O)O)c(F)cc3C(N)=O)ccc21. The topological polar surface area (TPSA) is 156 Å². The Balaban J connectivity index is 1.69. The smallest absolute Gasteiger partial charge is 0.404 e. The molecule has 0 unspecified atom stereocenters. The van der Waals surface area contributed by atoms with Crippen molar-refractivity contribution in [3.63, 3.8) is 0 Å². The van der Waals surface area contributed by atoms with E-state index in [1.807, 2.05) is 6.07 Å². The van der Waals surface area contributed by atoms with Crippen LogP contribution in [-0.2, 0) is 11.3 Å². The predicted molar refractivity (Wildman–Crippen MR) is 141 cm³/mol. The van der Waals surface area contributed by atoms with Crippen molar-refractivity contribution in [1.29, 1.82) is 0 Å². The van der Waals surface area contributed by atoms with E-state index < -0.39 is 35.7 Å². The number of methoxy groups -OCH3 is 1. The standard InChI is InChI=1S/C26H27F2N7O4/c1-14(31-26(37)38)22(15-4-3-5-17(27)10-15)33-25-20(28)12-19(23(29)36)24(34-25)32-18-6-7-21-16(11-18)13-30-35(21)8-9-39-2/h3-7,10-14,22,31H,8-9H2,1-2H3,(H2,29,36)(H,37,38)(H2,32,33,34)/t14-,22-/m0/s1. The Morgan fingerprint density at radius 3 is 2.64 bits per heavy atom. The Hall–Kier alpha value is -4.78. The summed E-state index contributed by atoms with van der Waals surface area (Å²) in [6.45, 7) is 2.59. The number of primary amides is 1. The van der Waals surface area contributed by atoms with Crippen LogP contribution < -0.4 is 21.7 Å². The van der Waals surface area contributed by atoms with E-state index in [4.69, 9.17) is 10.5 Å². The number of nitrogens with one attached hydrogen (secondary N) is 3. The summed E-state index contributed by atoms with van der Waals surface area (Å²) >= 11 is 0. The summed E-state index contributed by atoms with van der Waals surface area (Å²) in [7, 11) is 1.60. The highest BCUT2D eigenvalue weighted by molar-refractivity contribution is 5.99. The van der Waals surface area contributed by atoms with Crippen LogP contribution in [0.5, 0.6) is 0 Å². The van der Waals surface area contributed by atoms with Crippen molar-refractivity contribution in [2.45, 2.75) is 25.6 Å². The van der Waals surface area contributed by atoms with Crippen LogP contribution in [0.3, 0.4) is 0 Å². The molecule has 4 rings (SSSR count). The molecule has 0 aliphatic rings. The van der Waals surface area contributed by atoms with E-state index in [1.54, 1.807) is 36.2 Å². The lowest BCUT2D eigenvalue weighted by Gasteiger charge is -2.26. The molecule has 2 aromatic heterocycles. The highest BCUT2D eigenvalue weighted by Gasteiger charge is 2.25. The molecule has 2 atom stereocenters. The number of halogens is 2. The molecule has 0 spiro atoms. The molecule has 0 aliphatic heterocycles. The van der Waals surface area contributed by atoms with Crippen LogP contribution in [0.25, 0.3) is 10.9 Å². The summed E-state index contributed by atoms with van der Waals surface area (Å²) < 4.78 is 36.0. The van der Waals surface area contributed by atoms with E-state index in [-0.39, 0.29) is 17.2 Å². The van der Waals surface area contributed by atoms with Crippen LogP contribution in [0.1, 0.15) is 28.9 Å². The molecule has 2 amide bonds. The lowest BCUT2D eigenvalue weighted by molar-refractivity contribution is 0.1000. The molecule has 2 heterocycles. The van der Waals surface area contributed by atoms with E-state index in [9.17, 15) is 19.1 Å². The summed E-state index contributed by atoms with van der Waals surface area (Å²) in [5.41, 5.74) is 7.03. The molecule has 11 nitrogen and oxygen atoms in total. The molecule has 0 radical (unpaired) electrons. The third-order valence-electron chi connectivity index (χ3n) is 6.00. The fourth-order valence-corrected chi connectivity index (χ4v) is 4.15. The molecular formula is C26H27F2N7O4. The quantitative estimate of drug-likeness (QED) is 0.191. The molecule has 204 valence electrons. The van der Waals surface area contributed by atoms with E-state index in [1.165, 1.54) is 25.1 Å². The van der Waals surface area contributed by atoms with Crippen molar-refractivity contribution in [1.82, 2.24) is 20.1 Å². The van der Waals surface area contributed by atoms with Crippen molar-refractivity contribution >= 4 is 40.2 Å². The number of carboxylic acid groups (broad SMARTS) is 1. The van der Waals surface area contributed by atoms with Crippen molar-refractivity contribution in [3.05, 3.63) is 77.5 Å². The van der Waals surface area contributed by atoms with Crippen molar-refractivity contribution in [2.24, 2.45) is 5.73 Å². The lowest BCUT2D eigenvalue weighted by atomic mass is 10.00. The number of benzene rings is 2. The summed E-state index contributed by atoms with van der Waals surface area (Å²) in [6, 6.07) is 9.99. The van der Waals surface area contributed by atoms with Gasteiger partial charge in [-0.1, -0.05) is 12.1 Å². The number of pyridine rings is 1. The number of hydrogen-bond donors (Lipinski definition) is 5. The Morgan fingerprint density at radius 1 is 1.15 bits per heavy atom. The number of nitrogens with zero attached hydrogens (tertiary/aromatic N) is 3. The number of carbonyl (C=O) groups is 2. The Morgan fingerprint density at radius 2 is 1.95 bits per heavy atom. The molecule has 0 aliphatic carbocycles. The first kappa shape index (κ1) is 27.3. The van der Waals surface area contributed by atoms with Gasteiger partial charge >= 0.3 is 6.09 Å². The zero-order valence-electron chi connectivity index (χ0n) is 21.1. The predicted octanol–water partition coefficient (Wildman–Crippen LogP) is 4.01. The number of amides is 2. The Labute approximate surface area is 222 Å². The fraction of sp³-hybridized carbons (Fsp3) is 0.231. The van der Waals surface area contributed by atoms with Crippen LogP contribution >= 0.6 is 0 Å². The van der Waals surface area contributed by atoms with Gasteiger partial charge in [0.15, 0.2) is 11.6 Å². The summed E-state index contributed by atoms with van der Waals surface area (Å²) in [6.07, 6.45) is 0.364. The molecule has 0 bridgehead atoms. The molecule has 13 heteroatoms. The molecule has 0 fully saturated rings. The average molecular weight is 540 g/mol. The third kappa shape index (κ3) is 6.38. The third-order valence-corrected chi connectivity index (χ3v) is 6.00. The number of anilines is 3. The van der Waals surface area contributed by atoms with Crippen LogP contribution in [0, 0.1) is 11.6 Å². The van der Waals surface area contributed by atoms with Crippen molar-refractivity contribution in [3.8, 4) is 0 Å². The normalized spacial score (nSPS) is 12.6. The van der Waals surface area contributed by atoms with Crippen LogP contribution in [-0.4, -0.2) is 51.6 Å². The highest BCUT2D eigenvalue weighted by atomic mass is 19.1. The summed E-state index contributed by atoms with van der Waals surface area (Å²) in [5, 5.41) is 22.5. The Kier molecular flexibility index (Phi) is 8.20. The van der Waals surface area contributed by atoms with Gasteiger partial charge in [-0.05, 0) is 48.9 Å². The first-order valence-corrected chi connectivity index (χ1v) is 11.9. The molecule has 4 aromatic rings. The summed E-state index contributed by atoms with van der Waals surface area (Å²) in [5.74, 6) is -2.71. The van der Waals surface area contributed by atoms with Gasteiger partial charge < -0.3 is 31.5 Å². The van der Waals surface area contributed by atoms with Gasteiger partial charge in [0.25, 0.3) is 5.91 Å². The second kappa shape index (κ2) is 11.7. The van der Waals surface area contributed by atoms with Crippen LogP contribution in [0.2, 0.25) is 0 Å². The van der Waals surface area contributed by atoms with Crippen molar-refractivity contribution in [2.75, 3.05) is 24.4 Å². The van der Waals surface area contributed by atoms with E-state index in [0.29, 0.717) is 24.4 Å². The van der Waals surface area contributed by atoms with Gasteiger partial charge in [0.1, 0.15) is 11.6 Å². The van der Waals surface area contributed by atoms with E-state index >= 15 is 4.39 Å². The zero-order chi connectivity index (χ0) is 28.1. The van der Waals surface area contributed by atoms with Gasteiger partial charge in [-0.15, -0.1) is 0 Å². The van der Waals surface area contributed by atoms with Gasteiger partial charge in [0.2, 0.25) is 0 Å². The molecular weight excluding hydrogens is 512 g/mol. The van der Waals surface area contributed by atoms with Crippen molar-refractivity contribution < 1.29 is 28.2 Å². The monoisotopic (exact) mass is 539 g/mol. The first-order valence-electron chi connectivity index (χ1n) is 11.9. The van der Waals surface area contributed by atoms with E-state index in [2.05, 4.69) is 26.0 Å². The van der Waals surface area contributed by atoms with Crippen LogP contribution in [0.4, 0.5) is 30.9 Å². The maximum atomic E-state index is 15.1. The molecule has 6 N–H and O–H groups in total. The van der Waals surface area contributed by atoms with E-state index in [0.717, 1.165) is 17.0 Å².